The maximum absolute atomic E-state index is 12.4. The van der Waals surface area contributed by atoms with Crippen molar-refractivity contribution in [1.82, 2.24) is 10.6 Å². The molecule has 1 heterocycles. The van der Waals surface area contributed by atoms with E-state index in [0.29, 0.717) is 13.0 Å². The molecule has 148 valence electrons. The molecule has 1 aliphatic rings. The second kappa shape index (κ2) is 11.0. The van der Waals surface area contributed by atoms with Crippen LogP contribution < -0.4 is 10.6 Å². The molecule has 0 aromatic carbocycles. The molecule has 1 aliphatic heterocycles. The number of hydrogen-bond donors (Lipinski definition) is 5. The number of aliphatic hydroxyl groups excluding tert-OH is 3. The molecule has 1 unspecified atom stereocenters. The molecule has 2 amide bonds. The average molecular weight is 370 g/mol. The minimum atomic E-state index is -1.74. The van der Waals surface area contributed by atoms with Crippen molar-refractivity contribution in [3.63, 3.8) is 0 Å². The van der Waals surface area contributed by atoms with Crippen LogP contribution in [0.1, 0.15) is 39.5 Å². The molecule has 5 atom stereocenters. The van der Waals surface area contributed by atoms with Crippen molar-refractivity contribution in [1.29, 1.82) is 0 Å². The zero-order chi connectivity index (χ0) is 19.7. The molecule has 8 heteroatoms. The van der Waals surface area contributed by atoms with Gasteiger partial charge in [0.15, 0.2) is 11.9 Å². The van der Waals surface area contributed by atoms with Crippen molar-refractivity contribution in [3.8, 4) is 0 Å². The summed E-state index contributed by atoms with van der Waals surface area (Å²) < 4.78 is 4.98. The fraction of sp³-hybridized carbons (Fsp3) is 0.722. The Morgan fingerprint density at radius 3 is 2.77 bits per heavy atom. The summed E-state index contributed by atoms with van der Waals surface area (Å²) in [6, 6.07) is -0.721. The van der Waals surface area contributed by atoms with E-state index in [4.69, 9.17) is 4.74 Å². The number of amides is 2. The lowest BCUT2D eigenvalue weighted by atomic mass is 10.0. The average Bonchev–Trinajstić information content (AvgIpc) is 2.83. The normalized spacial score (nSPS) is 22.0. The highest BCUT2D eigenvalue weighted by molar-refractivity contribution is 5.89. The fourth-order valence-corrected chi connectivity index (χ4v) is 2.49. The maximum atomic E-state index is 12.4. The molecule has 0 aromatic rings. The van der Waals surface area contributed by atoms with Gasteiger partial charge in [0, 0.05) is 13.7 Å². The summed E-state index contributed by atoms with van der Waals surface area (Å²) in [5.41, 5.74) is 2.51. The molecule has 0 radical (unpaired) electrons. The van der Waals surface area contributed by atoms with Gasteiger partial charge in [-0.3, -0.25) is 9.59 Å². The molecule has 0 aliphatic carbocycles. The molecule has 1 saturated heterocycles. The summed E-state index contributed by atoms with van der Waals surface area (Å²) >= 11 is 0. The Morgan fingerprint density at radius 1 is 1.46 bits per heavy atom. The van der Waals surface area contributed by atoms with E-state index in [1.165, 1.54) is 7.11 Å². The van der Waals surface area contributed by atoms with Gasteiger partial charge in [-0.1, -0.05) is 19.6 Å². The number of nitrogens with one attached hydrogen (secondary N) is 2. The quantitative estimate of drug-likeness (QED) is 0.306. The lowest BCUT2D eigenvalue weighted by Crippen LogP contribution is -2.54. The molecule has 26 heavy (non-hydrogen) atoms. The maximum Gasteiger partial charge on any atom is 0.252 e. The Morgan fingerprint density at radius 2 is 2.15 bits per heavy atom. The Labute approximate surface area is 153 Å². The van der Waals surface area contributed by atoms with Gasteiger partial charge < -0.3 is 30.7 Å². The number of methoxy groups -OCH3 is 1. The largest absolute Gasteiger partial charge is 0.502 e. The minimum absolute atomic E-state index is 0.136. The highest BCUT2D eigenvalue weighted by atomic mass is 16.5. The highest BCUT2D eigenvalue weighted by Crippen LogP contribution is 2.12. The third-order valence-corrected chi connectivity index (χ3v) is 4.44. The highest BCUT2D eigenvalue weighted by Gasteiger charge is 2.36. The predicted molar refractivity (Wildman–Crippen MR) is 95.3 cm³/mol. The van der Waals surface area contributed by atoms with Crippen LogP contribution in [0.15, 0.2) is 17.6 Å². The van der Waals surface area contributed by atoms with E-state index in [1.54, 1.807) is 6.08 Å². The third kappa shape index (κ3) is 6.46. The van der Waals surface area contributed by atoms with E-state index in [1.807, 2.05) is 13.8 Å². The van der Waals surface area contributed by atoms with Crippen LogP contribution in [0.4, 0.5) is 0 Å². The molecule has 1 fully saturated rings. The Balaban J connectivity index is 2.80. The SMILES string of the molecule is CCC(C)C=C=C(O)[C@H](O)[C@@H](O)[C@@H](OC)C(=O)N[C@H]1CCCCNC1=O. The molecular formula is C18H30N2O6. The summed E-state index contributed by atoms with van der Waals surface area (Å²) in [5, 5.41) is 35.4. The molecular weight excluding hydrogens is 340 g/mol. The van der Waals surface area contributed by atoms with Gasteiger partial charge in [-0.05, 0) is 37.7 Å². The van der Waals surface area contributed by atoms with E-state index >= 15 is 0 Å². The van der Waals surface area contributed by atoms with Crippen LogP contribution in [0, 0.1) is 5.92 Å². The fourth-order valence-electron chi connectivity index (χ4n) is 2.49. The summed E-state index contributed by atoms with van der Waals surface area (Å²) in [6.45, 7) is 4.42. The first-order valence-corrected chi connectivity index (χ1v) is 8.94. The summed E-state index contributed by atoms with van der Waals surface area (Å²) in [4.78, 5) is 24.3. The van der Waals surface area contributed by atoms with E-state index in [9.17, 15) is 24.9 Å². The van der Waals surface area contributed by atoms with Gasteiger partial charge in [0.05, 0.1) is 0 Å². The van der Waals surface area contributed by atoms with Gasteiger partial charge in [0.1, 0.15) is 18.2 Å². The van der Waals surface area contributed by atoms with Crippen molar-refractivity contribution in [3.05, 3.63) is 17.6 Å². The Kier molecular flexibility index (Phi) is 9.37. The van der Waals surface area contributed by atoms with Gasteiger partial charge in [0.25, 0.3) is 5.91 Å². The van der Waals surface area contributed by atoms with Crippen molar-refractivity contribution in [2.24, 2.45) is 5.92 Å². The van der Waals surface area contributed by atoms with Crippen molar-refractivity contribution < 1.29 is 29.6 Å². The topological polar surface area (TPSA) is 128 Å². The number of rotatable bonds is 8. The van der Waals surface area contributed by atoms with Crippen LogP contribution in [0.5, 0.6) is 0 Å². The van der Waals surface area contributed by atoms with Crippen molar-refractivity contribution >= 4 is 11.8 Å². The second-order valence-corrected chi connectivity index (χ2v) is 6.52. The van der Waals surface area contributed by atoms with Crippen LogP contribution in [-0.2, 0) is 14.3 Å². The Bertz CT molecular complexity index is 544. The van der Waals surface area contributed by atoms with E-state index in [-0.39, 0.29) is 11.8 Å². The minimum Gasteiger partial charge on any atom is -0.502 e. The first-order valence-electron chi connectivity index (χ1n) is 8.94. The molecule has 0 bridgehead atoms. The third-order valence-electron chi connectivity index (χ3n) is 4.44. The van der Waals surface area contributed by atoms with E-state index in [2.05, 4.69) is 16.4 Å². The van der Waals surface area contributed by atoms with Gasteiger partial charge in [-0.25, -0.2) is 0 Å². The number of carbonyl (C=O) groups excluding carboxylic acids is 2. The molecule has 1 rings (SSSR count). The molecule has 0 spiro atoms. The van der Waals surface area contributed by atoms with E-state index < -0.39 is 36.0 Å². The van der Waals surface area contributed by atoms with Crippen LogP contribution in [0.3, 0.4) is 0 Å². The van der Waals surface area contributed by atoms with E-state index in [0.717, 1.165) is 19.3 Å². The van der Waals surface area contributed by atoms with Crippen molar-refractivity contribution in [2.75, 3.05) is 13.7 Å². The standard InChI is InChI=1S/C18H30N2O6/c1-4-11(2)8-9-13(21)14(22)15(23)16(26-3)18(25)20-12-7-5-6-10-19-17(12)24/h8,11-12,14-16,21-23H,4-7,10H2,1-3H3,(H,19,24)(H,20,25)/t9?,11?,12-,14-,15+,16+/m0/s1. The second-order valence-electron chi connectivity index (χ2n) is 6.52. The first-order chi connectivity index (χ1) is 12.3. The van der Waals surface area contributed by atoms with Crippen LogP contribution in [-0.4, -0.2) is 65.1 Å². The number of ether oxygens (including phenoxy) is 1. The predicted octanol–water partition coefficient (Wildman–Crippen LogP) is 0.151. The monoisotopic (exact) mass is 370 g/mol. The number of hydrogen-bond acceptors (Lipinski definition) is 6. The van der Waals surface area contributed by atoms with Gasteiger partial charge in [-0.2, -0.15) is 0 Å². The lowest BCUT2D eigenvalue weighted by Gasteiger charge is -2.26. The first kappa shape index (κ1) is 22.2. The van der Waals surface area contributed by atoms with Crippen molar-refractivity contribution in [2.45, 2.75) is 63.9 Å². The number of carbonyl (C=O) groups is 2. The summed E-state index contributed by atoms with van der Waals surface area (Å²) in [7, 11) is 1.20. The molecule has 0 saturated carbocycles. The van der Waals surface area contributed by atoms with Crippen LogP contribution >= 0.6 is 0 Å². The number of aliphatic hydroxyl groups is 3. The van der Waals surface area contributed by atoms with Gasteiger partial charge >= 0.3 is 0 Å². The van der Waals surface area contributed by atoms with Gasteiger partial charge in [0.2, 0.25) is 5.91 Å². The zero-order valence-electron chi connectivity index (χ0n) is 15.6. The smallest absolute Gasteiger partial charge is 0.252 e. The lowest BCUT2D eigenvalue weighted by molar-refractivity contribution is -0.146. The van der Waals surface area contributed by atoms with Gasteiger partial charge in [-0.15, -0.1) is 0 Å². The molecule has 5 N–H and O–H groups in total. The Hall–Kier alpha value is -1.86. The zero-order valence-corrected chi connectivity index (χ0v) is 15.6. The summed E-state index contributed by atoms with van der Waals surface area (Å²) in [6.07, 6.45) is -0.427. The molecule has 0 aromatic heterocycles. The van der Waals surface area contributed by atoms with Crippen LogP contribution in [0.25, 0.3) is 0 Å². The summed E-state index contributed by atoms with van der Waals surface area (Å²) in [5.74, 6) is -1.48. The van der Waals surface area contributed by atoms with Crippen LogP contribution in [0.2, 0.25) is 0 Å². The molecule has 8 nitrogen and oxygen atoms in total.